The number of anilines is 1. The molecule has 16 heavy (non-hydrogen) atoms. The predicted molar refractivity (Wildman–Crippen MR) is 69.5 cm³/mol. The molecule has 0 aliphatic carbocycles. The lowest BCUT2D eigenvalue weighted by molar-refractivity contribution is 0.726. The first-order valence-corrected chi connectivity index (χ1v) is 6.68. The Balaban J connectivity index is 2.18. The lowest BCUT2D eigenvalue weighted by atomic mass is 10.2. The summed E-state index contributed by atoms with van der Waals surface area (Å²) in [5.74, 6) is 1.46. The molecular weight excluding hydrogens is 243 g/mol. The third-order valence-corrected chi connectivity index (χ3v) is 3.62. The van der Waals surface area contributed by atoms with E-state index in [2.05, 4.69) is 9.88 Å². The lowest BCUT2D eigenvalue weighted by Crippen LogP contribution is -2.24. The number of alkyl halides is 1. The highest BCUT2D eigenvalue weighted by molar-refractivity contribution is 6.32. The van der Waals surface area contributed by atoms with Crippen molar-refractivity contribution in [3.05, 3.63) is 22.8 Å². The van der Waals surface area contributed by atoms with E-state index in [4.69, 9.17) is 23.2 Å². The molecule has 0 aromatic carbocycles. The highest BCUT2D eigenvalue weighted by Gasteiger charge is 2.12. The second kappa shape index (κ2) is 5.74. The fourth-order valence-corrected chi connectivity index (χ4v) is 2.50. The average molecular weight is 259 g/mol. The summed E-state index contributed by atoms with van der Waals surface area (Å²) in [5.41, 5.74) is 0.970. The van der Waals surface area contributed by atoms with E-state index in [1.54, 1.807) is 6.20 Å². The van der Waals surface area contributed by atoms with Crippen LogP contribution in [0.4, 0.5) is 5.82 Å². The monoisotopic (exact) mass is 258 g/mol. The van der Waals surface area contributed by atoms with Crippen LogP contribution in [0.3, 0.4) is 0 Å². The summed E-state index contributed by atoms with van der Waals surface area (Å²) in [4.78, 5) is 6.72. The summed E-state index contributed by atoms with van der Waals surface area (Å²) in [5, 5.41) is 0.661. The fraction of sp³-hybridized carbons (Fsp3) is 0.583. The molecule has 4 heteroatoms. The van der Waals surface area contributed by atoms with E-state index >= 15 is 0 Å². The van der Waals surface area contributed by atoms with Crippen LogP contribution in [0.5, 0.6) is 0 Å². The molecule has 88 valence electrons. The third-order valence-electron chi connectivity index (χ3n) is 2.99. The molecule has 0 radical (unpaired) electrons. The molecular formula is C12H16Cl2N2. The van der Waals surface area contributed by atoms with Gasteiger partial charge < -0.3 is 4.90 Å². The van der Waals surface area contributed by atoms with E-state index in [1.165, 1.54) is 25.7 Å². The van der Waals surface area contributed by atoms with Gasteiger partial charge in [0.1, 0.15) is 5.82 Å². The van der Waals surface area contributed by atoms with E-state index < -0.39 is 0 Å². The maximum absolute atomic E-state index is 6.00. The second-order valence-electron chi connectivity index (χ2n) is 4.17. The quantitative estimate of drug-likeness (QED) is 0.750. The maximum Gasteiger partial charge on any atom is 0.128 e. The Morgan fingerprint density at radius 2 is 1.88 bits per heavy atom. The maximum atomic E-state index is 6.00. The molecule has 0 saturated carbocycles. The highest BCUT2D eigenvalue weighted by atomic mass is 35.5. The van der Waals surface area contributed by atoms with Crippen molar-refractivity contribution in [3.63, 3.8) is 0 Å². The van der Waals surface area contributed by atoms with Crippen LogP contribution in [-0.2, 0) is 5.88 Å². The van der Waals surface area contributed by atoms with Crippen molar-refractivity contribution < 1.29 is 0 Å². The van der Waals surface area contributed by atoms with Gasteiger partial charge in [-0.15, -0.1) is 11.6 Å². The number of hydrogen-bond acceptors (Lipinski definition) is 2. The highest BCUT2D eigenvalue weighted by Crippen LogP contribution is 2.23. The Hall–Kier alpha value is -0.470. The van der Waals surface area contributed by atoms with Crippen LogP contribution >= 0.6 is 23.2 Å². The molecule has 0 spiro atoms. The standard InChI is InChI=1S/C12H16Cl2N2/c13-8-10-7-12(15-9-11(10)14)16-5-3-1-2-4-6-16/h7,9H,1-6,8H2. The zero-order valence-electron chi connectivity index (χ0n) is 9.25. The van der Waals surface area contributed by atoms with Gasteiger partial charge in [-0.25, -0.2) is 4.98 Å². The molecule has 2 nitrogen and oxygen atoms in total. The van der Waals surface area contributed by atoms with E-state index in [1.807, 2.05) is 6.07 Å². The van der Waals surface area contributed by atoms with Gasteiger partial charge in [0.25, 0.3) is 0 Å². The molecule has 1 aromatic rings. The molecule has 0 unspecified atom stereocenters. The number of hydrogen-bond donors (Lipinski definition) is 0. The molecule has 0 N–H and O–H groups in total. The normalized spacial score (nSPS) is 17.2. The van der Waals surface area contributed by atoms with Crippen LogP contribution in [0.2, 0.25) is 5.02 Å². The van der Waals surface area contributed by atoms with E-state index in [0.29, 0.717) is 10.9 Å². The second-order valence-corrected chi connectivity index (χ2v) is 4.84. The number of pyridine rings is 1. The van der Waals surface area contributed by atoms with Crippen LogP contribution < -0.4 is 4.90 Å². The van der Waals surface area contributed by atoms with Gasteiger partial charge in [-0.3, -0.25) is 0 Å². The van der Waals surface area contributed by atoms with Crippen molar-refractivity contribution in [2.75, 3.05) is 18.0 Å². The molecule has 2 rings (SSSR count). The summed E-state index contributed by atoms with van der Waals surface area (Å²) < 4.78 is 0. The zero-order valence-corrected chi connectivity index (χ0v) is 10.8. The topological polar surface area (TPSA) is 16.1 Å². The molecule has 1 saturated heterocycles. The Labute approximate surface area is 107 Å². The van der Waals surface area contributed by atoms with Crippen LogP contribution in [0.1, 0.15) is 31.2 Å². The number of rotatable bonds is 2. The van der Waals surface area contributed by atoms with Gasteiger partial charge in [-0.1, -0.05) is 24.4 Å². The minimum Gasteiger partial charge on any atom is -0.357 e. The smallest absolute Gasteiger partial charge is 0.128 e. The van der Waals surface area contributed by atoms with Crippen LogP contribution in [0, 0.1) is 0 Å². The van der Waals surface area contributed by atoms with Crippen LogP contribution in [-0.4, -0.2) is 18.1 Å². The van der Waals surface area contributed by atoms with Crippen molar-refractivity contribution in [1.29, 1.82) is 0 Å². The first kappa shape index (κ1) is 12.0. The Morgan fingerprint density at radius 3 is 2.50 bits per heavy atom. The molecule has 0 atom stereocenters. The molecule has 0 amide bonds. The van der Waals surface area contributed by atoms with E-state index in [9.17, 15) is 0 Å². The van der Waals surface area contributed by atoms with Gasteiger partial charge in [0.05, 0.1) is 5.02 Å². The van der Waals surface area contributed by atoms with Crippen LogP contribution in [0.15, 0.2) is 12.3 Å². The minimum absolute atomic E-state index is 0.447. The van der Waals surface area contributed by atoms with Crippen molar-refractivity contribution >= 4 is 29.0 Å². The fourth-order valence-electron chi connectivity index (χ4n) is 2.04. The largest absolute Gasteiger partial charge is 0.357 e. The van der Waals surface area contributed by atoms with Crippen LogP contribution in [0.25, 0.3) is 0 Å². The summed E-state index contributed by atoms with van der Waals surface area (Å²) in [6.07, 6.45) is 6.86. The summed E-state index contributed by atoms with van der Waals surface area (Å²) in [7, 11) is 0. The van der Waals surface area contributed by atoms with Gasteiger partial charge in [0, 0.05) is 25.2 Å². The van der Waals surface area contributed by atoms with Crippen molar-refractivity contribution in [2.24, 2.45) is 0 Å². The number of nitrogens with zero attached hydrogens (tertiary/aromatic N) is 2. The lowest BCUT2D eigenvalue weighted by Gasteiger charge is -2.21. The average Bonchev–Trinajstić information content (AvgIpc) is 2.58. The molecule has 1 aliphatic heterocycles. The molecule has 1 fully saturated rings. The molecule has 0 bridgehead atoms. The summed E-state index contributed by atoms with van der Waals surface area (Å²) in [6, 6.07) is 2.01. The van der Waals surface area contributed by atoms with Gasteiger partial charge in [-0.2, -0.15) is 0 Å². The minimum atomic E-state index is 0.447. The molecule has 1 aliphatic rings. The third kappa shape index (κ3) is 2.80. The van der Waals surface area contributed by atoms with Gasteiger partial charge in [0.15, 0.2) is 0 Å². The Bertz CT molecular complexity index is 347. The summed E-state index contributed by atoms with van der Waals surface area (Å²) >= 11 is 11.8. The SMILES string of the molecule is ClCc1cc(N2CCCCCC2)ncc1Cl. The van der Waals surface area contributed by atoms with Gasteiger partial charge >= 0.3 is 0 Å². The first-order valence-electron chi connectivity index (χ1n) is 5.76. The van der Waals surface area contributed by atoms with Gasteiger partial charge in [-0.05, 0) is 24.5 Å². The summed E-state index contributed by atoms with van der Waals surface area (Å²) in [6.45, 7) is 2.19. The Kier molecular flexibility index (Phi) is 4.30. The van der Waals surface area contributed by atoms with E-state index in [-0.39, 0.29) is 0 Å². The number of aromatic nitrogens is 1. The van der Waals surface area contributed by atoms with Crippen molar-refractivity contribution in [3.8, 4) is 0 Å². The Morgan fingerprint density at radius 1 is 1.19 bits per heavy atom. The van der Waals surface area contributed by atoms with Crippen molar-refractivity contribution in [1.82, 2.24) is 4.98 Å². The number of halogens is 2. The molecule has 1 aromatic heterocycles. The predicted octanol–water partition coefficient (Wildman–Crippen LogP) is 3.85. The molecule has 2 heterocycles. The van der Waals surface area contributed by atoms with Gasteiger partial charge in [0.2, 0.25) is 0 Å². The zero-order chi connectivity index (χ0) is 11.4. The first-order chi connectivity index (χ1) is 7.81. The van der Waals surface area contributed by atoms with E-state index in [0.717, 1.165) is 24.5 Å². The van der Waals surface area contributed by atoms with Crippen molar-refractivity contribution in [2.45, 2.75) is 31.6 Å².